The lowest BCUT2D eigenvalue weighted by Gasteiger charge is -2.05. The number of aromatic nitrogens is 4. The molecule has 0 spiro atoms. The van der Waals surface area contributed by atoms with Crippen LogP contribution in [0, 0.1) is 0 Å². The molecule has 1 amide bonds. The van der Waals surface area contributed by atoms with E-state index < -0.39 is 5.91 Å². The maximum absolute atomic E-state index is 12.3. The summed E-state index contributed by atoms with van der Waals surface area (Å²) in [7, 11) is 0. The van der Waals surface area contributed by atoms with Crippen LogP contribution in [0.5, 0.6) is 11.8 Å². The van der Waals surface area contributed by atoms with Gasteiger partial charge in [0.2, 0.25) is 0 Å². The summed E-state index contributed by atoms with van der Waals surface area (Å²) in [5.41, 5.74) is 1.28. The smallest absolute Gasteiger partial charge is 0.322 e. The normalized spacial score (nSPS) is 10.4. The molecule has 0 aliphatic rings. The van der Waals surface area contributed by atoms with Gasteiger partial charge in [-0.15, -0.1) is 0 Å². The van der Waals surface area contributed by atoms with Gasteiger partial charge in [0.15, 0.2) is 11.5 Å². The van der Waals surface area contributed by atoms with Gasteiger partial charge in [-0.25, -0.2) is 9.97 Å². The van der Waals surface area contributed by atoms with Crippen LogP contribution >= 0.6 is 0 Å². The molecule has 8 nitrogen and oxygen atoms in total. The number of hydrogen-bond donors (Lipinski definition) is 1. The fraction of sp³-hybridized carbons (Fsp3) is 0. The number of carbonyl (C=O) groups is 1. The van der Waals surface area contributed by atoms with Crippen molar-refractivity contribution in [3.05, 3.63) is 79.0 Å². The molecule has 0 unspecified atom stereocenters. The molecule has 0 saturated heterocycles. The van der Waals surface area contributed by atoms with Gasteiger partial charge >= 0.3 is 6.01 Å². The molecular weight excluding hydrogens is 346 g/mol. The minimum atomic E-state index is -0.436. The van der Waals surface area contributed by atoms with Crippen LogP contribution in [0.3, 0.4) is 0 Å². The Labute approximate surface area is 153 Å². The van der Waals surface area contributed by atoms with E-state index in [2.05, 4.69) is 25.4 Å². The Morgan fingerprint density at radius 1 is 1.00 bits per heavy atom. The van der Waals surface area contributed by atoms with E-state index in [4.69, 9.17) is 9.26 Å². The fourth-order valence-electron chi connectivity index (χ4n) is 2.25. The first-order chi connectivity index (χ1) is 13.3. The molecule has 1 N–H and O–H groups in total. The molecule has 4 aromatic rings. The summed E-state index contributed by atoms with van der Waals surface area (Å²) in [6.45, 7) is 0. The average Bonchev–Trinajstić information content (AvgIpc) is 3.21. The van der Waals surface area contributed by atoms with Crippen LogP contribution in [-0.2, 0) is 0 Å². The number of amides is 1. The number of benzene rings is 1. The molecule has 1 aromatic carbocycles. The SMILES string of the molecule is O=C(Nc1cnc(Oc2ccccc2)nc1)c1cc(-c2cccnc2)on1. The molecule has 0 aliphatic heterocycles. The minimum Gasteiger partial charge on any atom is -0.424 e. The van der Waals surface area contributed by atoms with E-state index in [1.807, 2.05) is 24.3 Å². The molecule has 8 heteroatoms. The second-order valence-corrected chi connectivity index (χ2v) is 5.44. The standard InChI is InChI=1S/C19H13N5O3/c25-18(16-9-17(27-24-16)13-5-4-8-20-10-13)23-14-11-21-19(22-12-14)26-15-6-2-1-3-7-15/h1-12H,(H,23,25). The second-order valence-electron chi connectivity index (χ2n) is 5.44. The summed E-state index contributed by atoms with van der Waals surface area (Å²) in [5, 5.41) is 6.44. The average molecular weight is 359 g/mol. The van der Waals surface area contributed by atoms with Gasteiger partial charge in [-0.3, -0.25) is 9.78 Å². The topological polar surface area (TPSA) is 103 Å². The molecule has 0 atom stereocenters. The van der Waals surface area contributed by atoms with Crippen molar-refractivity contribution in [2.75, 3.05) is 5.32 Å². The van der Waals surface area contributed by atoms with E-state index in [9.17, 15) is 4.79 Å². The van der Waals surface area contributed by atoms with Crippen LogP contribution < -0.4 is 10.1 Å². The second kappa shape index (κ2) is 7.44. The third kappa shape index (κ3) is 3.96. The van der Waals surface area contributed by atoms with Crippen molar-refractivity contribution in [2.24, 2.45) is 0 Å². The van der Waals surface area contributed by atoms with Gasteiger partial charge < -0.3 is 14.6 Å². The molecule has 3 aromatic heterocycles. The highest BCUT2D eigenvalue weighted by Crippen LogP contribution is 2.20. The lowest BCUT2D eigenvalue weighted by molar-refractivity contribution is 0.101. The summed E-state index contributed by atoms with van der Waals surface area (Å²) in [4.78, 5) is 24.4. The molecule has 27 heavy (non-hydrogen) atoms. The molecule has 0 fully saturated rings. The van der Waals surface area contributed by atoms with Crippen molar-refractivity contribution in [1.29, 1.82) is 0 Å². The monoisotopic (exact) mass is 359 g/mol. The number of hydrogen-bond acceptors (Lipinski definition) is 7. The Balaban J connectivity index is 1.42. The predicted molar refractivity (Wildman–Crippen MR) is 96.2 cm³/mol. The van der Waals surface area contributed by atoms with E-state index in [0.29, 0.717) is 17.2 Å². The van der Waals surface area contributed by atoms with E-state index in [-0.39, 0.29) is 11.7 Å². The first-order valence-electron chi connectivity index (χ1n) is 8.01. The van der Waals surface area contributed by atoms with E-state index in [0.717, 1.165) is 5.56 Å². The molecule has 0 aliphatic carbocycles. The highest BCUT2D eigenvalue weighted by Gasteiger charge is 2.14. The summed E-state index contributed by atoms with van der Waals surface area (Å²) in [6.07, 6.45) is 6.18. The van der Waals surface area contributed by atoms with Crippen LogP contribution in [0.4, 0.5) is 5.69 Å². The van der Waals surface area contributed by atoms with Crippen molar-refractivity contribution in [1.82, 2.24) is 20.1 Å². The van der Waals surface area contributed by atoms with Gasteiger partial charge in [0.25, 0.3) is 5.91 Å². The first-order valence-corrected chi connectivity index (χ1v) is 8.01. The number of anilines is 1. The third-order valence-electron chi connectivity index (χ3n) is 3.53. The van der Waals surface area contributed by atoms with Crippen LogP contribution in [0.25, 0.3) is 11.3 Å². The Bertz CT molecular complexity index is 1030. The van der Waals surface area contributed by atoms with E-state index >= 15 is 0 Å². The number of rotatable bonds is 5. The molecule has 0 saturated carbocycles. The number of carbonyl (C=O) groups excluding carboxylic acids is 1. The Morgan fingerprint density at radius 3 is 2.56 bits per heavy atom. The summed E-state index contributed by atoms with van der Waals surface area (Å²) >= 11 is 0. The minimum absolute atomic E-state index is 0.137. The number of ether oxygens (including phenoxy) is 1. The van der Waals surface area contributed by atoms with Crippen molar-refractivity contribution >= 4 is 11.6 Å². The lowest BCUT2D eigenvalue weighted by Crippen LogP contribution is -2.12. The maximum atomic E-state index is 12.3. The van der Waals surface area contributed by atoms with Gasteiger partial charge in [0, 0.05) is 24.0 Å². The quantitative estimate of drug-likeness (QED) is 0.581. The molecule has 3 heterocycles. The highest BCUT2D eigenvalue weighted by molar-refractivity contribution is 6.03. The Hall–Kier alpha value is -4.07. The highest BCUT2D eigenvalue weighted by atomic mass is 16.5. The van der Waals surface area contributed by atoms with E-state index in [1.54, 1.807) is 36.7 Å². The predicted octanol–water partition coefficient (Wildman–Crippen LogP) is 3.57. The van der Waals surface area contributed by atoms with E-state index in [1.165, 1.54) is 12.4 Å². The van der Waals surface area contributed by atoms with Crippen molar-refractivity contribution < 1.29 is 14.1 Å². The lowest BCUT2D eigenvalue weighted by atomic mass is 10.2. The van der Waals surface area contributed by atoms with Gasteiger partial charge in [-0.1, -0.05) is 23.4 Å². The van der Waals surface area contributed by atoms with Gasteiger partial charge in [0.05, 0.1) is 18.1 Å². The van der Waals surface area contributed by atoms with Crippen LogP contribution in [-0.4, -0.2) is 26.0 Å². The van der Waals surface area contributed by atoms with Crippen LogP contribution in [0.15, 0.2) is 77.8 Å². The molecule has 4 rings (SSSR count). The zero-order valence-corrected chi connectivity index (χ0v) is 13.9. The zero-order chi connectivity index (χ0) is 18.5. The molecular formula is C19H13N5O3. The van der Waals surface area contributed by atoms with Crippen molar-refractivity contribution in [3.8, 4) is 23.1 Å². The van der Waals surface area contributed by atoms with Gasteiger partial charge in [0.1, 0.15) is 5.75 Å². The largest absolute Gasteiger partial charge is 0.424 e. The molecule has 132 valence electrons. The van der Waals surface area contributed by atoms with Crippen molar-refractivity contribution in [3.63, 3.8) is 0 Å². The summed E-state index contributed by atoms with van der Waals surface area (Å²) in [6, 6.07) is 14.5. The van der Waals surface area contributed by atoms with Gasteiger partial charge in [-0.2, -0.15) is 0 Å². The fourth-order valence-corrected chi connectivity index (χ4v) is 2.25. The third-order valence-corrected chi connectivity index (χ3v) is 3.53. The summed E-state index contributed by atoms with van der Waals surface area (Å²) < 4.78 is 10.7. The number of nitrogens with zero attached hydrogens (tertiary/aromatic N) is 4. The number of nitrogens with one attached hydrogen (secondary N) is 1. The Morgan fingerprint density at radius 2 is 1.81 bits per heavy atom. The summed E-state index contributed by atoms with van der Waals surface area (Å²) in [5.74, 6) is 0.644. The molecule has 0 radical (unpaired) electrons. The number of para-hydroxylation sites is 1. The van der Waals surface area contributed by atoms with Crippen LogP contribution in [0.1, 0.15) is 10.5 Å². The number of pyridine rings is 1. The van der Waals surface area contributed by atoms with Crippen LogP contribution in [0.2, 0.25) is 0 Å². The maximum Gasteiger partial charge on any atom is 0.322 e. The first kappa shape index (κ1) is 16.4. The molecule has 0 bridgehead atoms. The Kier molecular flexibility index (Phi) is 4.52. The zero-order valence-electron chi connectivity index (χ0n) is 13.9. The van der Waals surface area contributed by atoms with Gasteiger partial charge in [-0.05, 0) is 24.3 Å². The van der Waals surface area contributed by atoms with Crippen molar-refractivity contribution in [2.45, 2.75) is 0 Å².